The van der Waals surface area contributed by atoms with Crippen molar-refractivity contribution in [3.63, 3.8) is 0 Å². The minimum absolute atomic E-state index is 0.206. The Morgan fingerprint density at radius 2 is 1.86 bits per heavy atom. The molecule has 0 aliphatic heterocycles. The zero-order chi connectivity index (χ0) is 20.8. The van der Waals surface area contributed by atoms with E-state index >= 15 is 0 Å². The number of aryl methyl sites for hydroxylation is 1. The number of benzene rings is 2. The Morgan fingerprint density at radius 1 is 1.17 bits per heavy atom. The van der Waals surface area contributed by atoms with E-state index in [0.29, 0.717) is 22.0 Å². The highest BCUT2D eigenvalue weighted by atomic mass is 79.9. The van der Waals surface area contributed by atoms with Gasteiger partial charge in [-0.2, -0.15) is 10.2 Å². The highest BCUT2D eigenvalue weighted by Crippen LogP contribution is 2.21. The van der Waals surface area contributed by atoms with Crippen LogP contribution in [0.25, 0.3) is 5.69 Å². The van der Waals surface area contributed by atoms with Crippen molar-refractivity contribution in [1.29, 1.82) is 0 Å². The molecule has 2 aromatic carbocycles. The second-order valence-electron chi connectivity index (χ2n) is 6.02. The topological polar surface area (TPSA) is 88.4 Å². The molecule has 2 N–H and O–H groups in total. The maximum atomic E-state index is 12.0. The quantitative estimate of drug-likeness (QED) is 0.423. The standard InChI is InChI=1S/C20H17BrClN5O2/c1-13-17(19(22)27(26-13)16-5-3-2-4-6-16)11-24-25-18(28)12-23-20(29)14-7-9-15(21)10-8-14/h2-11H,12H2,1H3,(H,23,29)(H,25,28)/b24-11-. The zero-order valence-electron chi connectivity index (χ0n) is 15.4. The first-order chi connectivity index (χ1) is 14.0. The van der Waals surface area contributed by atoms with Crippen LogP contribution in [0.4, 0.5) is 0 Å². The molecule has 29 heavy (non-hydrogen) atoms. The van der Waals surface area contributed by atoms with E-state index in [9.17, 15) is 9.59 Å². The van der Waals surface area contributed by atoms with Crippen molar-refractivity contribution in [2.45, 2.75) is 6.92 Å². The van der Waals surface area contributed by atoms with E-state index in [-0.39, 0.29) is 12.5 Å². The molecule has 0 saturated heterocycles. The van der Waals surface area contributed by atoms with Gasteiger partial charge in [-0.1, -0.05) is 45.7 Å². The van der Waals surface area contributed by atoms with Crippen LogP contribution < -0.4 is 10.7 Å². The molecule has 0 fully saturated rings. The summed E-state index contributed by atoms with van der Waals surface area (Å²) in [6, 6.07) is 16.3. The first-order valence-corrected chi connectivity index (χ1v) is 9.79. The van der Waals surface area contributed by atoms with Crippen LogP contribution in [0.2, 0.25) is 5.15 Å². The van der Waals surface area contributed by atoms with Crippen LogP contribution in [0.5, 0.6) is 0 Å². The number of aromatic nitrogens is 2. The number of nitrogens with one attached hydrogen (secondary N) is 2. The number of halogens is 2. The lowest BCUT2D eigenvalue weighted by molar-refractivity contribution is -0.120. The molecule has 2 amide bonds. The van der Waals surface area contributed by atoms with Gasteiger partial charge in [0, 0.05) is 10.0 Å². The molecule has 9 heteroatoms. The highest BCUT2D eigenvalue weighted by molar-refractivity contribution is 9.10. The van der Waals surface area contributed by atoms with Gasteiger partial charge in [0.15, 0.2) is 0 Å². The molecule has 0 unspecified atom stereocenters. The molecule has 0 aliphatic rings. The van der Waals surface area contributed by atoms with Gasteiger partial charge >= 0.3 is 0 Å². The number of rotatable bonds is 6. The Hall–Kier alpha value is -2.97. The van der Waals surface area contributed by atoms with Crippen molar-refractivity contribution in [1.82, 2.24) is 20.5 Å². The van der Waals surface area contributed by atoms with E-state index < -0.39 is 5.91 Å². The molecule has 1 aromatic heterocycles. The lowest BCUT2D eigenvalue weighted by Gasteiger charge is -2.04. The third-order valence-corrected chi connectivity index (χ3v) is 4.84. The SMILES string of the molecule is Cc1nn(-c2ccccc2)c(Cl)c1/C=N\NC(=O)CNC(=O)c1ccc(Br)cc1. The van der Waals surface area contributed by atoms with E-state index in [1.165, 1.54) is 6.21 Å². The lowest BCUT2D eigenvalue weighted by Crippen LogP contribution is -2.34. The van der Waals surface area contributed by atoms with E-state index in [1.54, 1.807) is 35.9 Å². The number of hydrogen-bond acceptors (Lipinski definition) is 4. The Kier molecular flexibility index (Phi) is 6.79. The predicted octanol–water partition coefficient (Wildman–Crippen LogP) is 3.48. The third-order valence-electron chi connectivity index (χ3n) is 3.95. The maximum Gasteiger partial charge on any atom is 0.259 e. The van der Waals surface area contributed by atoms with Crippen molar-refractivity contribution < 1.29 is 9.59 Å². The Labute approximate surface area is 180 Å². The Morgan fingerprint density at radius 3 is 2.55 bits per heavy atom. The Bertz CT molecular complexity index is 1050. The van der Waals surface area contributed by atoms with Crippen LogP contribution in [0.3, 0.4) is 0 Å². The largest absolute Gasteiger partial charge is 0.343 e. The molecule has 0 bridgehead atoms. The molecular weight excluding hydrogens is 458 g/mol. The van der Waals surface area contributed by atoms with E-state index in [1.807, 2.05) is 30.3 Å². The van der Waals surface area contributed by atoms with Gasteiger partial charge in [-0.05, 0) is 43.3 Å². The molecule has 1 heterocycles. The number of amides is 2. The van der Waals surface area contributed by atoms with Gasteiger partial charge in [0.1, 0.15) is 5.15 Å². The second-order valence-corrected chi connectivity index (χ2v) is 7.29. The summed E-state index contributed by atoms with van der Waals surface area (Å²) in [4.78, 5) is 23.9. The summed E-state index contributed by atoms with van der Waals surface area (Å²) in [5.41, 5.74) is 4.90. The fraction of sp³-hybridized carbons (Fsp3) is 0.100. The van der Waals surface area contributed by atoms with Crippen molar-refractivity contribution >= 4 is 45.6 Å². The first kappa shape index (κ1) is 20.8. The van der Waals surface area contributed by atoms with E-state index in [0.717, 1.165) is 10.2 Å². The lowest BCUT2D eigenvalue weighted by atomic mass is 10.2. The maximum absolute atomic E-state index is 12.0. The van der Waals surface area contributed by atoms with Gasteiger partial charge in [0.2, 0.25) is 0 Å². The Balaban J connectivity index is 1.57. The third kappa shape index (κ3) is 5.30. The van der Waals surface area contributed by atoms with Crippen LogP contribution in [0, 0.1) is 6.92 Å². The van der Waals surface area contributed by atoms with Crippen LogP contribution >= 0.6 is 27.5 Å². The number of carbonyl (C=O) groups is 2. The summed E-state index contributed by atoms with van der Waals surface area (Å²) in [6.45, 7) is 1.59. The monoisotopic (exact) mass is 473 g/mol. The molecule has 0 aliphatic carbocycles. The normalized spacial score (nSPS) is 10.9. The van der Waals surface area contributed by atoms with Crippen molar-refractivity contribution in [3.05, 3.63) is 81.0 Å². The number of carbonyl (C=O) groups excluding carboxylic acids is 2. The zero-order valence-corrected chi connectivity index (χ0v) is 17.7. The average molecular weight is 475 g/mol. The molecule has 7 nitrogen and oxygen atoms in total. The molecule has 0 spiro atoms. The fourth-order valence-electron chi connectivity index (χ4n) is 2.47. The molecule has 0 saturated carbocycles. The van der Waals surface area contributed by atoms with Crippen molar-refractivity contribution in [2.75, 3.05) is 6.54 Å². The van der Waals surface area contributed by atoms with Crippen LogP contribution in [-0.4, -0.2) is 34.4 Å². The van der Waals surface area contributed by atoms with Gasteiger partial charge in [0.05, 0.1) is 29.7 Å². The summed E-state index contributed by atoms with van der Waals surface area (Å²) in [5.74, 6) is -0.810. The minimum atomic E-state index is -0.462. The molecule has 3 rings (SSSR count). The summed E-state index contributed by atoms with van der Waals surface area (Å²) in [7, 11) is 0. The summed E-state index contributed by atoms with van der Waals surface area (Å²) in [5, 5.41) is 11.2. The summed E-state index contributed by atoms with van der Waals surface area (Å²) < 4.78 is 2.46. The fourth-order valence-corrected chi connectivity index (χ4v) is 3.06. The molecular formula is C20H17BrClN5O2. The van der Waals surface area contributed by atoms with Gasteiger partial charge in [-0.25, -0.2) is 10.1 Å². The molecule has 0 atom stereocenters. The first-order valence-electron chi connectivity index (χ1n) is 8.62. The van der Waals surface area contributed by atoms with Crippen LogP contribution in [0.15, 0.2) is 64.2 Å². The van der Waals surface area contributed by atoms with Crippen molar-refractivity contribution in [3.8, 4) is 5.69 Å². The average Bonchev–Trinajstić information content (AvgIpc) is 3.01. The summed E-state index contributed by atoms with van der Waals surface area (Å²) in [6.07, 6.45) is 1.43. The highest BCUT2D eigenvalue weighted by Gasteiger charge is 2.13. The molecule has 3 aromatic rings. The van der Waals surface area contributed by atoms with Gasteiger partial charge in [-0.15, -0.1) is 0 Å². The summed E-state index contributed by atoms with van der Waals surface area (Å²) >= 11 is 9.70. The second kappa shape index (κ2) is 9.49. The predicted molar refractivity (Wildman–Crippen MR) is 116 cm³/mol. The minimum Gasteiger partial charge on any atom is -0.343 e. The number of nitrogens with zero attached hydrogens (tertiary/aromatic N) is 3. The van der Waals surface area contributed by atoms with Crippen LogP contribution in [0.1, 0.15) is 21.6 Å². The number of para-hydroxylation sites is 1. The molecule has 0 radical (unpaired) electrons. The van der Waals surface area contributed by atoms with Gasteiger partial charge in [0.25, 0.3) is 11.8 Å². The smallest absolute Gasteiger partial charge is 0.259 e. The van der Waals surface area contributed by atoms with Crippen molar-refractivity contribution in [2.24, 2.45) is 5.10 Å². The van der Waals surface area contributed by atoms with E-state index in [2.05, 4.69) is 36.9 Å². The van der Waals surface area contributed by atoms with Gasteiger partial charge < -0.3 is 5.32 Å². The number of hydrazone groups is 1. The van der Waals surface area contributed by atoms with Gasteiger partial charge in [-0.3, -0.25) is 9.59 Å². The molecule has 148 valence electrons. The van der Waals surface area contributed by atoms with Crippen LogP contribution in [-0.2, 0) is 4.79 Å². The van der Waals surface area contributed by atoms with E-state index in [4.69, 9.17) is 11.6 Å². The number of hydrogen-bond donors (Lipinski definition) is 2.